The summed E-state index contributed by atoms with van der Waals surface area (Å²) < 4.78 is 7.54. The van der Waals surface area contributed by atoms with Crippen LogP contribution < -0.4 is 9.64 Å². The molecule has 0 saturated carbocycles. The summed E-state index contributed by atoms with van der Waals surface area (Å²) in [5, 5.41) is 1.90. The first kappa shape index (κ1) is 26.4. The number of rotatable bonds is 8. The molecule has 1 aliphatic heterocycles. The number of amides is 2. The summed E-state index contributed by atoms with van der Waals surface area (Å²) in [6, 6.07) is 33.2. The third kappa shape index (κ3) is 4.86. The second kappa shape index (κ2) is 11.3. The molecule has 6 rings (SSSR count). The summed E-state index contributed by atoms with van der Waals surface area (Å²) in [5.74, 6) is 0.498. The zero-order valence-corrected chi connectivity index (χ0v) is 23.4. The van der Waals surface area contributed by atoms with Crippen molar-refractivity contribution in [1.82, 2.24) is 9.47 Å². The van der Waals surface area contributed by atoms with Crippen LogP contribution in [0.5, 0.6) is 5.75 Å². The Morgan fingerprint density at radius 3 is 2.34 bits per heavy atom. The number of hydrogen-bond acceptors (Lipinski definition) is 3. The number of anilines is 1. The summed E-state index contributed by atoms with van der Waals surface area (Å²) in [4.78, 5) is 32.1. The lowest BCUT2D eigenvalue weighted by atomic mass is 9.97. The molecule has 0 spiro atoms. The van der Waals surface area contributed by atoms with Gasteiger partial charge in [0, 0.05) is 18.3 Å². The normalized spacial score (nSPS) is 13.9. The van der Waals surface area contributed by atoms with Crippen molar-refractivity contribution < 1.29 is 14.3 Å². The smallest absolute Gasteiger partial charge is 0.254 e. The first-order chi connectivity index (χ1) is 20.1. The number of hydrogen-bond donors (Lipinski definition) is 0. The van der Waals surface area contributed by atoms with Crippen molar-refractivity contribution in [2.75, 3.05) is 25.1 Å². The van der Waals surface area contributed by atoms with E-state index in [4.69, 9.17) is 4.74 Å². The van der Waals surface area contributed by atoms with E-state index in [1.165, 1.54) is 0 Å². The lowest BCUT2D eigenvalue weighted by molar-refractivity contribution is -0.119. The van der Waals surface area contributed by atoms with Gasteiger partial charge >= 0.3 is 0 Å². The highest BCUT2D eigenvalue weighted by Gasteiger charge is 2.37. The summed E-state index contributed by atoms with van der Waals surface area (Å²) in [6.45, 7) is 2.57. The molecule has 2 amide bonds. The number of methoxy groups -OCH3 is 1. The van der Waals surface area contributed by atoms with Gasteiger partial charge < -0.3 is 14.2 Å². The highest BCUT2D eigenvalue weighted by atomic mass is 16.5. The molecule has 6 nitrogen and oxygen atoms in total. The van der Waals surface area contributed by atoms with E-state index in [1.54, 1.807) is 12.0 Å². The molecule has 0 aliphatic carbocycles. The number of unbranched alkanes of at least 4 members (excludes halogenated alkanes) is 1. The molecule has 0 bridgehead atoms. The molecule has 5 aromatic rings. The van der Waals surface area contributed by atoms with Crippen molar-refractivity contribution >= 4 is 28.3 Å². The summed E-state index contributed by atoms with van der Waals surface area (Å²) in [5.41, 5.74) is 4.32. The van der Waals surface area contributed by atoms with E-state index in [9.17, 15) is 9.59 Å². The Balaban J connectivity index is 1.41. The Kier molecular flexibility index (Phi) is 7.30. The van der Waals surface area contributed by atoms with Crippen molar-refractivity contribution in [1.29, 1.82) is 0 Å². The van der Waals surface area contributed by atoms with Gasteiger partial charge in [0.1, 0.15) is 18.3 Å². The van der Waals surface area contributed by atoms with Crippen LogP contribution in [0.1, 0.15) is 47.4 Å². The van der Waals surface area contributed by atoms with Gasteiger partial charge in [0.15, 0.2) is 0 Å². The molecule has 0 fully saturated rings. The number of nitrogens with zero attached hydrogens (tertiary/aromatic N) is 3. The SMILES string of the molecule is CCCCN(CC(=O)N1c2ccccc2-n2cccc2C1c1ccc(OC)cc1)C(=O)c1cccc2ccccc12. The molecule has 4 aromatic carbocycles. The zero-order chi connectivity index (χ0) is 28.3. The van der Waals surface area contributed by atoms with Gasteiger partial charge in [-0.1, -0.05) is 74.0 Å². The van der Waals surface area contributed by atoms with Crippen LogP contribution in [-0.2, 0) is 4.79 Å². The van der Waals surface area contributed by atoms with Crippen LogP contribution in [-0.4, -0.2) is 41.5 Å². The second-order valence-corrected chi connectivity index (χ2v) is 10.3. The fourth-order valence-corrected chi connectivity index (χ4v) is 5.79. The van der Waals surface area contributed by atoms with Gasteiger partial charge in [0.25, 0.3) is 5.91 Å². The molecule has 1 atom stereocenters. The van der Waals surface area contributed by atoms with E-state index < -0.39 is 0 Å². The number of carbonyl (C=O) groups excluding carboxylic acids is 2. The third-order valence-electron chi connectivity index (χ3n) is 7.83. The third-order valence-corrected chi connectivity index (χ3v) is 7.83. The Hall–Kier alpha value is -4.84. The van der Waals surface area contributed by atoms with Gasteiger partial charge in [0.05, 0.1) is 24.2 Å². The lowest BCUT2D eigenvalue weighted by Crippen LogP contribution is -2.47. The highest BCUT2D eigenvalue weighted by Crippen LogP contribution is 2.42. The number of aromatic nitrogens is 1. The minimum atomic E-state index is -0.362. The van der Waals surface area contributed by atoms with Crippen LogP contribution in [0, 0.1) is 0 Å². The van der Waals surface area contributed by atoms with Crippen LogP contribution >= 0.6 is 0 Å². The minimum Gasteiger partial charge on any atom is -0.497 e. The van der Waals surface area contributed by atoms with Gasteiger partial charge in [-0.15, -0.1) is 0 Å². The maximum Gasteiger partial charge on any atom is 0.254 e. The predicted octanol–water partition coefficient (Wildman–Crippen LogP) is 7.02. The van der Waals surface area contributed by atoms with Crippen LogP contribution in [0.3, 0.4) is 0 Å². The Morgan fingerprint density at radius 1 is 0.829 bits per heavy atom. The Morgan fingerprint density at radius 2 is 1.56 bits per heavy atom. The van der Waals surface area contributed by atoms with Gasteiger partial charge in [-0.2, -0.15) is 0 Å². The summed E-state index contributed by atoms with van der Waals surface area (Å²) in [6.07, 6.45) is 3.76. The molecule has 2 heterocycles. The number of benzene rings is 4. The maximum absolute atomic E-state index is 14.5. The highest BCUT2D eigenvalue weighted by molar-refractivity contribution is 6.09. The van der Waals surface area contributed by atoms with E-state index in [-0.39, 0.29) is 24.4 Å². The average molecular weight is 544 g/mol. The zero-order valence-electron chi connectivity index (χ0n) is 23.4. The van der Waals surface area contributed by atoms with Gasteiger partial charge in [-0.05, 0) is 65.2 Å². The first-order valence-corrected chi connectivity index (χ1v) is 14.1. The van der Waals surface area contributed by atoms with Crippen molar-refractivity contribution in [3.8, 4) is 11.4 Å². The lowest BCUT2D eigenvalue weighted by Gasteiger charge is -2.39. The molecular weight excluding hydrogens is 510 g/mol. The van der Waals surface area contributed by atoms with Crippen molar-refractivity contribution in [2.45, 2.75) is 25.8 Å². The molecule has 0 radical (unpaired) electrons. The Bertz CT molecular complexity index is 1700. The average Bonchev–Trinajstić information content (AvgIpc) is 3.52. The number of ether oxygens (including phenoxy) is 1. The van der Waals surface area contributed by atoms with Crippen LogP contribution in [0.15, 0.2) is 109 Å². The van der Waals surface area contributed by atoms with Crippen LogP contribution in [0.4, 0.5) is 5.69 Å². The quantitative estimate of drug-likeness (QED) is 0.211. The maximum atomic E-state index is 14.5. The van der Waals surface area contributed by atoms with E-state index in [1.807, 2.05) is 108 Å². The minimum absolute atomic E-state index is 0.0241. The summed E-state index contributed by atoms with van der Waals surface area (Å²) >= 11 is 0. The number of fused-ring (bicyclic) bond motifs is 4. The largest absolute Gasteiger partial charge is 0.497 e. The molecule has 41 heavy (non-hydrogen) atoms. The van der Waals surface area contributed by atoms with E-state index in [0.29, 0.717) is 12.1 Å². The van der Waals surface area contributed by atoms with Crippen LogP contribution in [0.25, 0.3) is 16.5 Å². The molecular formula is C35H33N3O3. The van der Waals surface area contributed by atoms with Crippen molar-refractivity contribution in [2.24, 2.45) is 0 Å². The predicted molar refractivity (Wildman–Crippen MR) is 163 cm³/mol. The van der Waals surface area contributed by atoms with E-state index >= 15 is 0 Å². The van der Waals surface area contributed by atoms with E-state index in [2.05, 4.69) is 17.6 Å². The monoisotopic (exact) mass is 543 g/mol. The van der Waals surface area contributed by atoms with E-state index in [0.717, 1.165) is 52.0 Å². The Labute approximate surface area is 240 Å². The van der Waals surface area contributed by atoms with Crippen molar-refractivity contribution in [3.05, 3.63) is 126 Å². The van der Waals surface area contributed by atoms with Gasteiger partial charge in [-0.25, -0.2) is 0 Å². The molecule has 0 saturated heterocycles. The standard InChI is InChI=1S/C35H33N3O3/c1-3-4-22-36(35(40)29-14-9-12-25-11-5-6-13-28(25)29)24-33(39)38-31-16-8-7-15-30(31)37-23-10-17-32(37)34(38)26-18-20-27(41-2)21-19-26/h5-21,23,34H,3-4,22,24H2,1-2H3. The van der Waals surface area contributed by atoms with Gasteiger partial charge in [0.2, 0.25) is 5.91 Å². The fourth-order valence-electron chi connectivity index (χ4n) is 5.79. The fraction of sp³-hybridized carbons (Fsp3) is 0.200. The molecule has 1 unspecified atom stereocenters. The van der Waals surface area contributed by atoms with Crippen LogP contribution in [0.2, 0.25) is 0 Å². The summed E-state index contributed by atoms with van der Waals surface area (Å²) in [7, 11) is 1.64. The van der Waals surface area contributed by atoms with Crippen molar-refractivity contribution in [3.63, 3.8) is 0 Å². The number of para-hydroxylation sites is 2. The van der Waals surface area contributed by atoms with Gasteiger partial charge in [-0.3, -0.25) is 14.5 Å². The molecule has 1 aliphatic rings. The first-order valence-electron chi connectivity index (χ1n) is 14.1. The molecule has 0 N–H and O–H groups in total. The molecule has 6 heteroatoms. The molecule has 206 valence electrons. The number of carbonyl (C=O) groups is 2. The second-order valence-electron chi connectivity index (χ2n) is 10.3. The topological polar surface area (TPSA) is 54.8 Å². The molecule has 1 aromatic heterocycles.